The Kier molecular flexibility index (Phi) is 4.96. The van der Waals surface area contributed by atoms with Crippen molar-refractivity contribution in [3.8, 4) is 0 Å². The number of rotatable bonds is 5. The summed E-state index contributed by atoms with van der Waals surface area (Å²) in [7, 11) is 1.74. The fourth-order valence-electron chi connectivity index (χ4n) is 1.24. The zero-order chi connectivity index (χ0) is 13.7. The van der Waals surface area contributed by atoms with Crippen LogP contribution in [0.4, 0.5) is 5.95 Å². The third kappa shape index (κ3) is 3.92. The third-order valence-corrected chi connectivity index (χ3v) is 2.61. The van der Waals surface area contributed by atoms with Crippen molar-refractivity contribution in [3.63, 3.8) is 0 Å². The molecule has 1 aromatic heterocycles. The SMILES string of the molecule is CCN(C)C(=O)CNc1nc(C)cc(C(N)=S)n1. The number of nitrogens with two attached hydrogens (primary N) is 1. The zero-order valence-electron chi connectivity index (χ0n) is 10.7. The lowest BCUT2D eigenvalue weighted by molar-refractivity contribution is -0.127. The molecule has 0 aromatic carbocycles. The number of nitrogens with zero attached hydrogens (tertiary/aromatic N) is 3. The second-order valence-corrected chi connectivity index (χ2v) is 4.28. The number of nitrogens with one attached hydrogen (secondary N) is 1. The number of hydrogen-bond acceptors (Lipinski definition) is 5. The summed E-state index contributed by atoms with van der Waals surface area (Å²) in [5.41, 5.74) is 6.75. The van der Waals surface area contributed by atoms with Gasteiger partial charge in [-0.2, -0.15) is 0 Å². The molecule has 98 valence electrons. The monoisotopic (exact) mass is 267 g/mol. The fraction of sp³-hybridized carbons (Fsp3) is 0.455. The van der Waals surface area contributed by atoms with Gasteiger partial charge in [0.2, 0.25) is 11.9 Å². The van der Waals surface area contributed by atoms with E-state index in [0.717, 1.165) is 5.69 Å². The minimum absolute atomic E-state index is 0.0283. The number of likely N-dealkylation sites (N-methyl/N-ethyl adjacent to an activating group) is 1. The zero-order valence-corrected chi connectivity index (χ0v) is 11.5. The minimum Gasteiger partial charge on any atom is -0.388 e. The van der Waals surface area contributed by atoms with E-state index < -0.39 is 0 Å². The van der Waals surface area contributed by atoms with Gasteiger partial charge >= 0.3 is 0 Å². The van der Waals surface area contributed by atoms with Gasteiger partial charge in [-0.3, -0.25) is 4.79 Å². The molecule has 0 aliphatic heterocycles. The summed E-state index contributed by atoms with van der Waals surface area (Å²) in [6.45, 7) is 4.53. The van der Waals surface area contributed by atoms with Crippen LogP contribution in [0.3, 0.4) is 0 Å². The number of carbonyl (C=O) groups excluding carboxylic acids is 1. The smallest absolute Gasteiger partial charge is 0.241 e. The number of aryl methyl sites for hydroxylation is 1. The molecular weight excluding hydrogens is 250 g/mol. The van der Waals surface area contributed by atoms with Gasteiger partial charge in [-0.05, 0) is 19.9 Å². The average molecular weight is 267 g/mol. The van der Waals surface area contributed by atoms with Crippen molar-refractivity contribution in [2.24, 2.45) is 5.73 Å². The first-order chi connectivity index (χ1) is 8.43. The minimum atomic E-state index is -0.0283. The van der Waals surface area contributed by atoms with Crippen LogP contribution < -0.4 is 11.1 Å². The second-order valence-electron chi connectivity index (χ2n) is 3.84. The van der Waals surface area contributed by atoms with E-state index in [4.69, 9.17) is 18.0 Å². The predicted molar refractivity (Wildman–Crippen MR) is 74.5 cm³/mol. The Hall–Kier alpha value is -1.76. The van der Waals surface area contributed by atoms with E-state index in [-0.39, 0.29) is 17.4 Å². The Balaban J connectivity index is 2.73. The second kappa shape index (κ2) is 6.25. The number of aromatic nitrogens is 2. The van der Waals surface area contributed by atoms with Crippen molar-refractivity contribution in [2.45, 2.75) is 13.8 Å². The van der Waals surface area contributed by atoms with Gasteiger partial charge in [0.15, 0.2) is 0 Å². The Morgan fingerprint density at radius 3 is 2.78 bits per heavy atom. The van der Waals surface area contributed by atoms with Crippen LogP contribution in [0.15, 0.2) is 6.07 Å². The number of carbonyl (C=O) groups is 1. The van der Waals surface area contributed by atoms with Crippen LogP contribution in [0.2, 0.25) is 0 Å². The van der Waals surface area contributed by atoms with Crippen molar-refractivity contribution in [1.29, 1.82) is 0 Å². The molecule has 0 unspecified atom stereocenters. The molecule has 0 saturated heterocycles. The highest BCUT2D eigenvalue weighted by atomic mass is 32.1. The number of hydrogen-bond donors (Lipinski definition) is 2. The molecule has 7 heteroatoms. The molecule has 0 spiro atoms. The molecule has 0 atom stereocenters. The molecule has 18 heavy (non-hydrogen) atoms. The van der Waals surface area contributed by atoms with Gasteiger partial charge in [0, 0.05) is 19.3 Å². The van der Waals surface area contributed by atoms with Crippen LogP contribution in [-0.4, -0.2) is 45.9 Å². The van der Waals surface area contributed by atoms with Crippen molar-refractivity contribution in [3.05, 3.63) is 17.5 Å². The van der Waals surface area contributed by atoms with E-state index in [1.165, 1.54) is 0 Å². The highest BCUT2D eigenvalue weighted by Crippen LogP contribution is 2.04. The normalized spacial score (nSPS) is 9.94. The van der Waals surface area contributed by atoms with E-state index in [9.17, 15) is 4.79 Å². The summed E-state index contributed by atoms with van der Waals surface area (Å²) in [5, 5.41) is 2.87. The van der Waals surface area contributed by atoms with Crippen LogP contribution in [-0.2, 0) is 4.79 Å². The fourth-order valence-corrected chi connectivity index (χ4v) is 1.34. The van der Waals surface area contributed by atoms with E-state index in [1.54, 1.807) is 18.0 Å². The highest BCUT2D eigenvalue weighted by Gasteiger charge is 2.08. The Morgan fingerprint density at radius 2 is 2.22 bits per heavy atom. The lowest BCUT2D eigenvalue weighted by Crippen LogP contribution is -2.32. The van der Waals surface area contributed by atoms with Gasteiger partial charge < -0.3 is 16.0 Å². The van der Waals surface area contributed by atoms with Gasteiger partial charge in [0.05, 0.1) is 6.54 Å². The Labute approximate surface area is 112 Å². The summed E-state index contributed by atoms with van der Waals surface area (Å²) in [6, 6.07) is 1.70. The number of anilines is 1. The third-order valence-electron chi connectivity index (χ3n) is 2.40. The molecule has 0 aliphatic carbocycles. The molecule has 0 radical (unpaired) electrons. The first kappa shape index (κ1) is 14.3. The standard InChI is InChI=1S/C11H17N5OS/c1-4-16(3)9(17)6-13-11-14-7(2)5-8(15-11)10(12)18/h5H,4,6H2,1-3H3,(H2,12,18)(H,13,14,15). The van der Waals surface area contributed by atoms with E-state index in [1.807, 2.05) is 13.8 Å². The number of amides is 1. The van der Waals surface area contributed by atoms with Crippen molar-refractivity contribution in [2.75, 3.05) is 25.5 Å². The lowest BCUT2D eigenvalue weighted by Gasteiger charge is -2.14. The Bertz CT molecular complexity index is 463. The maximum atomic E-state index is 11.6. The van der Waals surface area contributed by atoms with Gasteiger partial charge in [0.1, 0.15) is 10.7 Å². The topological polar surface area (TPSA) is 84.1 Å². The summed E-state index contributed by atoms with van der Waals surface area (Å²) in [6.07, 6.45) is 0. The van der Waals surface area contributed by atoms with E-state index in [0.29, 0.717) is 18.2 Å². The van der Waals surface area contributed by atoms with Crippen LogP contribution >= 0.6 is 12.2 Å². The maximum absolute atomic E-state index is 11.6. The number of thiocarbonyl (C=S) groups is 1. The Morgan fingerprint density at radius 1 is 1.56 bits per heavy atom. The van der Waals surface area contributed by atoms with Crippen LogP contribution in [0.5, 0.6) is 0 Å². The molecule has 1 rings (SSSR count). The van der Waals surface area contributed by atoms with Crippen LogP contribution in [0, 0.1) is 6.92 Å². The molecular formula is C11H17N5OS. The lowest BCUT2D eigenvalue weighted by atomic mass is 10.3. The quantitative estimate of drug-likeness (QED) is 0.747. The summed E-state index contributed by atoms with van der Waals surface area (Å²) >= 11 is 4.86. The average Bonchev–Trinajstić information content (AvgIpc) is 2.34. The maximum Gasteiger partial charge on any atom is 0.241 e. The highest BCUT2D eigenvalue weighted by molar-refractivity contribution is 7.80. The molecule has 0 fully saturated rings. The first-order valence-electron chi connectivity index (χ1n) is 5.57. The molecule has 3 N–H and O–H groups in total. The van der Waals surface area contributed by atoms with Crippen molar-refractivity contribution < 1.29 is 4.79 Å². The molecule has 0 bridgehead atoms. The van der Waals surface area contributed by atoms with E-state index in [2.05, 4.69) is 15.3 Å². The molecule has 0 saturated carbocycles. The largest absolute Gasteiger partial charge is 0.388 e. The van der Waals surface area contributed by atoms with Gasteiger partial charge in [-0.1, -0.05) is 12.2 Å². The van der Waals surface area contributed by atoms with Crippen LogP contribution in [0.25, 0.3) is 0 Å². The predicted octanol–water partition coefficient (Wildman–Crippen LogP) is 0.309. The van der Waals surface area contributed by atoms with Gasteiger partial charge in [0.25, 0.3) is 0 Å². The van der Waals surface area contributed by atoms with E-state index >= 15 is 0 Å². The molecule has 1 aromatic rings. The summed E-state index contributed by atoms with van der Waals surface area (Å²) < 4.78 is 0. The summed E-state index contributed by atoms with van der Waals surface area (Å²) in [4.78, 5) is 21.7. The molecule has 1 heterocycles. The van der Waals surface area contributed by atoms with Crippen molar-refractivity contribution in [1.82, 2.24) is 14.9 Å². The molecule has 0 aliphatic rings. The molecule has 6 nitrogen and oxygen atoms in total. The van der Waals surface area contributed by atoms with Gasteiger partial charge in [-0.15, -0.1) is 0 Å². The van der Waals surface area contributed by atoms with Gasteiger partial charge in [-0.25, -0.2) is 9.97 Å². The first-order valence-corrected chi connectivity index (χ1v) is 5.98. The van der Waals surface area contributed by atoms with Crippen LogP contribution in [0.1, 0.15) is 18.3 Å². The molecule has 1 amide bonds. The van der Waals surface area contributed by atoms with Crippen molar-refractivity contribution >= 4 is 29.1 Å². The summed E-state index contributed by atoms with van der Waals surface area (Å²) in [5.74, 6) is 0.329.